The van der Waals surface area contributed by atoms with Crippen LogP contribution in [0.4, 0.5) is 21.4 Å². The summed E-state index contributed by atoms with van der Waals surface area (Å²) in [5.74, 6) is 0. The van der Waals surface area contributed by atoms with Crippen molar-refractivity contribution in [3.8, 4) is 0 Å². The van der Waals surface area contributed by atoms with E-state index in [4.69, 9.17) is 0 Å². The van der Waals surface area contributed by atoms with Crippen LogP contribution >= 0.6 is 0 Å². The third-order valence-electron chi connectivity index (χ3n) is 2.06. The van der Waals surface area contributed by atoms with E-state index in [2.05, 4.69) is 0 Å². The number of alkyl halides is 3. The lowest BCUT2D eigenvalue weighted by atomic mass is 10.2. The van der Waals surface area contributed by atoms with Crippen molar-refractivity contribution in [1.29, 1.82) is 0 Å². The Balaban J connectivity index is 3.14. The Morgan fingerprint density at radius 3 is 2.27 bits per heavy atom. The summed E-state index contributed by atoms with van der Waals surface area (Å²) in [6.45, 7) is 1.28. The highest BCUT2D eigenvalue weighted by Crippen LogP contribution is 2.29. The standard InChI is InChI=1S/C9H9F5Si/c1-2-15(13,14)8-5-3-4-7(6-8)9(10,11)12/h3-6H,2H2,1H3. The highest BCUT2D eigenvalue weighted by Gasteiger charge is 2.38. The van der Waals surface area contributed by atoms with Gasteiger partial charge in [-0.15, -0.1) is 0 Å². The van der Waals surface area contributed by atoms with Crippen LogP contribution < -0.4 is 5.19 Å². The van der Waals surface area contributed by atoms with E-state index in [1.165, 1.54) is 6.92 Å². The van der Waals surface area contributed by atoms with Crippen molar-refractivity contribution in [2.24, 2.45) is 0 Å². The van der Waals surface area contributed by atoms with Crippen LogP contribution in [0.5, 0.6) is 0 Å². The molecule has 0 saturated carbocycles. The zero-order valence-electron chi connectivity index (χ0n) is 7.91. The van der Waals surface area contributed by atoms with Gasteiger partial charge in [0.05, 0.1) is 5.56 Å². The van der Waals surface area contributed by atoms with Crippen LogP contribution in [0, 0.1) is 0 Å². The summed E-state index contributed by atoms with van der Waals surface area (Å²) in [7, 11) is -4.66. The molecule has 0 amide bonds. The van der Waals surface area contributed by atoms with E-state index in [0.29, 0.717) is 6.07 Å². The monoisotopic (exact) mass is 240 g/mol. The van der Waals surface area contributed by atoms with E-state index in [1.54, 1.807) is 0 Å². The minimum absolute atomic E-state index is 0.381. The first kappa shape index (κ1) is 12.2. The van der Waals surface area contributed by atoms with Gasteiger partial charge in [0.2, 0.25) is 0 Å². The van der Waals surface area contributed by atoms with Crippen LogP contribution in [0.3, 0.4) is 0 Å². The first-order valence-electron chi connectivity index (χ1n) is 4.33. The number of rotatable bonds is 2. The highest BCUT2D eigenvalue weighted by atomic mass is 28.4. The molecule has 0 nitrogen and oxygen atoms in total. The van der Waals surface area contributed by atoms with Crippen molar-refractivity contribution in [2.45, 2.75) is 19.1 Å². The molecule has 1 aromatic rings. The van der Waals surface area contributed by atoms with Gasteiger partial charge in [0.25, 0.3) is 0 Å². The van der Waals surface area contributed by atoms with E-state index in [9.17, 15) is 21.4 Å². The third kappa shape index (κ3) is 2.77. The molecule has 84 valence electrons. The normalized spacial score (nSPS) is 12.9. The fourth-order valence-corrected chi connectivity index (χ4v) is 2.24. The van der Waals surface area contributed by atoms with E-state index in [-0.39, 0.29) is 6.04 Å². The summed E-state index contributed by atoms with van der Waals surface area (Å²) in [6.07, 6.45) is -4.56. The molecule has 6 heteroatoms. The summed E-state index contributed by atoms with van der Waals surface area (Å²) < 4.78 is 63.1. The molecule has 1 aromatic carbocycles. The zero-order chi connectivity index (χ0) is 11.7. The van der Waals surface area contributed by atoms with Gasteiger partial charge in [0.15, 0.2) is 0 Å². The number of hydrogen-bond donors (Lipinski definition) is 0. The maximum atomic E-state index is 13.2. The lowest BCUT2D eigenvalue weighted by Crippen LogP contribution is -2.38. The number of halogens is 5. The molecule has 0 spiro atoms. The first-order chi connectivity index (χ1) is 6.77. The van der Waals surface area contributed by atoms with Gasteiger partial charge >= 0.3 is 14.9 Å². The molecule has 15 heavy (non-hydrogen) atoms. The molecule has 0 saturated heterocycles. The molecule has 0 aliphatic heterocycles. The van der Waals surface area contributed by atoms with E-state index in [1.807, 2.05) is 0 Å². The summed E-state index contributed by atoms with van der Waals surface area (Å²) in [5, 5.41) is -0.458. The third-order valence-corrected chi connectivity index (χ3v) is 4.10. The summed E-state index contributed by atoms with van der Waals surface area (Å²) >= 11 is 0. The largest absolute Gasteiger partial charge is 0.455 e. The smallest absolute Gasteiger partial charge is 0.265 e. The average molecular weight is 240 g/mol. The molecule has 0 unspecified atom stereocenters. The molecular formula is C9H9F5Si. The molecule has 0 aromatic heterocycles. The topological polar surface area (TPSA) is 0 Å². The molecule has 0 radical (unpaired) electrons. The van der Waals surface area contributed by atoms with Crippen LogP contribution in [0.2, 0.25) is 6.04 Å². The average Bonchev–Trinajstić information content (AvgIpc) is 2.17. The van der Waals surface area contributed by atoms with Crippen molar-refractivity contribution < 1.29 is 21.4 Å². The van der Waals surface area contributed by atoms with Gasteiger partial charge in [-0.3, -0.25) is 8.22 Å². The summed E-state index contributed by atoms with van der Waals surface area (Å²) in [4.78, 5) is 0. The fraction of sp³-hybridized carbons (Fsp3) is 0.333. The van der Waals surface area contributed by atoms with Crippen LogP contribution in [-0.4, -0.2) is 8.74 Å². The Kier molecular flexibility index (Phi) is 3.18. The Morgan fingerprint density at radius 2 is 1.80 bits per heavy atom. The summed E-state index contributed by atoms with van der Waals surface area (Å²) in [6, 6.07) is 3.05. The quantitative estimate of drug-likeness (QED) is 0.422. The van der Waals surface area contributed by atoms with Crippen molar-refractivity contribution in [1.82, 2.24) is 0 Å². The van der Waals surface area contributed by atoms with E-state index < -0.39 is 25.7 Å². The molecule has 0 aliphatic rings. The Hall–Kier alpha value is -0.913. The number of hydrogen-bond acceptors (Lipinski definition) is 0. The van der Waals surface area contributed by atoms with Gasteiger partial charge in [-0.2, -0.15) is 13.2 Å². The lowest BCUT2D eigenvalue weighted by molar-refractivity contribution is -0.137. The maximum absolute atomic E-state index is 13.2. The highest BCUT2D eigenvalue weighted by molar-refractivity contribution is 6.79. The summed E-state index contributed by atoms with van der Waals surface area (Å²) in [5.41, 5.74) is -1.01. The van der Waals surface area contributed by atoms with Crippen LogP contribution in [0.15, 0.2) is 24.3 Å². The van der Waals surface area contributed by atoms with Crippen molar-refractivity contribution in [3.63, 3.8) is 0 Å². The van der Waals surface area contributed by atoms with Gasteiger partial charge in [0.1, 0.15) is 0 Å². The second-order valence-corrected chi connectivity index (χ2v) is 5.83. The van der Waals surface area contributed by atoms with E-state index in [0.717, 1.165) is 18.2 Å². The molecule has 0 fully saturated rings. The van der Waals surface area contributed by atoms with Crippen LogP contribution in [-0.2, 0) is 6.18 Å². The van der Waals surface area contributed by atoms with Crippen LogP contribution in [0.25, 0.3) is 0 Å². The molecule has 0 heterocycles. The minimum atomic E-state index is -4.66. The van der Waals surface area contributed by atoms with Crippen molar-refractivity contribution in [2.75, 3.05) is 0 Å². The molecule has 0 atom stereocenters. The first-order valence-corrected chi connectivity index (χ1v) is 6.29. The molecule has 0 aliphatic carbocycles. The predicted molar refractivity (Wildman–Crippen MR) is 49.5 cm³/mol. The predicted octanol–water partition coefficient (Wildman–Crippen LogP) is 3.31. The van der Waals surface area contributed by atoms with Gasteiger partial charge in [-0.05, 0) is 12.1 Å². The molecular weight excluding hydrogens is 231 g/mol. The van der Waals surface area contributed by atoms with Gasteiger partial charge in [-0.25, -0.2) is 0 Å². The van der Waals surface area contributed by atoms with Gasteiger partial charge < -0.3 is 0 Å². The maximum Gasteiger partial charge on any atom is 0.455 e. The van der Waals surface area contributed by atoms with Gasteiger partial charge in [0, 0.05) is 5.19 Å². The Morgan fingerprint density at radius 1 is 1.20 bits per heavy atom. The fourth-order valence-electron chi connectivity index (χ4n) is 1.13. The minimum Gasteiger partial charge on any atom is -0.265 e. The molecule has 1 rings (SSSR count). The Labute approximate surface area is 85.1 Å². The molecule has 0 N–H and O–H groups in total. The number of benzene rings is 1. The van der Waals surface area contributed by atoms with Crippen molar-refractivity contribution in [3.05, 3.63) is 29.8 Å². The Bertz CT molecular complexity index is 345. The molecule has 0 bridgehead atoms. The van der Waals surface area contributed by atoms with E-state index >= 15 is 0 Å². The SMILES string of the molecule is CC[Si](F)(F)c1cccc(C(F)(F)F)c1. The zero-order valence-corrected chi connectivity index (χ0v) is 8.91. The second-order valence-electron chi connectivity index (χ2n) is 3.14. The lowest BCUT2D eigenvalue weighted by Gasteiger charge is -2.13. The second kappa shape index (κ2) is 3.92. The van der Waals surface area contributed by atoms with Crippen molar-refractivity contribution >= 4 is 13.9 Å². The van der Waals surface area contributed by atoms with Crippen LogP contribution in [0.1, 0.15) is 12.5 Å². The van der Waals surface area contributed by atoms with Gasteiger partial charge in [-0.1, -0.05) is 25.1 Å².